The van der Waals surface area contributed by atoms with Gasteiger partial charge in [0.05, 0.1) is 17.3 Å². The van der Waals surface area contributed by atoms with Gasteiger partial charge in [-0.3, -0.25) is 4.79 Å². The third-order valence-corrected chi connectivity index (χ3v) is 12.2. The van der Waals surface area contributed by atoms with Crippen LogP contribution in [0.5, 0.6) is 0 Å². The Morgan fingerprint density at radius 3 is 2.00 bits per heavy atom. The van der Waals surface area contributed by atoms with Gasteiger partial charge in [-0.1, -0.05) is 27.7 Å². The van der Waals surface area contributed by atoms with Gasteiger partial charge in [-0.25, -0.2) is 0 Å². The van der Waals surface area contributed by atoms with Crippen LogP contribution in [-0.4, -0.2) is 28.2 Å². The summed E-state index contributed by atoms with van der Waals surface area (Å²) in [6.45, 7) is 15.8. The minimum Gasteiger partial charge on any atom is -0.388 e. The Morgan fingerprint density at radius 1 is 0.781 bits per heavy atom. The third-order valence-electron chi connectivity index (χ3n) is 12.2. The molecular formula is C29H48O3. The molecule has 1 aliphatic heterocycles. The second kappa shape index (κ2) is 7.06. The lowest BCUT2D eigenvalue weighted by Crippen LogP contribution is -2.59. The minimum atomic E-state index is -0.754. The third kappa shape index (κ3) is 3.08. The van der Waals surface area contributed by atoms with Gasteiger partial charge in [0, 0.05) is 11.8 Å². The lowest BCUT2D eigenvalue weighted by molar-refractivity contribution is -0.177. The summed E-state index contributed by atoms with van der Waals surface area (Å²) in [4.78, 5) is 12.8. The van der Waals surface area contributed by atoms with E-state index in [4.69, 9.17) is 4.74 Å². The zero-order valence-electron chi connectivity index (χ0n) is 21.8. The highest BCUT2D eigenvalue weighted by Gasteiger charge is 2.65. The van der Waals surface area contributed by atoms with Crippen LogP contribution in [-0.2, 0) is 9.53 Å². The fourth-order valence-corrected chi connectivity index (χ4v) is 10.4. The van der Waals surface area contributed by atoms with Crippen molar-refractivity contribution >= 4 is 5.78 Å². The van der Waals surface area contributed by atoms with Crippen LogP contribution in [0.25, 0.3) is 0 Å². The molecule has 0 unspecified atom stereocenters. The summed E-state index contributed by atoms with van der Waals surface area (Å²) in [5.41, 5.74) is -0.250. The molecule has 5 rings (SSSR count). The zero-order valence-corrected chi connectivity index (χ0v) is 21.8. The van der Waals surface area contributed by atoms with Crippen molar-refractivity contribution in [1.82, 2.24) is 0 Å². The fraction of sp³-hybridized carbons (Fsp3) is 0.966. The molecule has 0 radical (unpaired) electrons. The average Bonchev–Trinajstić information content (AvgIpc) is 3.27. The van der Waals surface area contributed by atoms with Gasteiger partial charge >= 0.3 is 0 Å². The van der Waals surface area contributed by atoms with Crippen LogP contribution in [0.1, 0.15) is 113 Å². The maximum Gasteiger partial charge on any atom is 0.138 e. The van der Waals surface area contributed by atoms with Crippen molar-refractivity contribution in [3.8, 4) is 0 Å². The molecule has 4 saturated carbocycles. The van der Waals surface area contributed by atoms with Crippen molar-refractivity contribution in [3.63, 3.8) is 0 Å². The van der Waals surface area contributed by atoms with Crippen molar-refractivity contribution in [1.29, 1.82) is 0 Å². The SMILES string of the molecule is CC(C)(O)[C@@H]1CC[C@](C)([C@H]2CC[C@]3(C)[C@@H]4CC[C@@H]5C(C)(C)C(=O)CC[C@]5(C)[C@H]4CC[C@H]23)O1. The second-order valence-electron chi connectivity index (χ2n) is 14.4. The van der Waals surface area contributed by atoms with Gasteiger partial charge in [0.1, 0.15) is 5.78 Å². The van der Waals surface area contributed by atoms with Crippen LogP contribution in [0.2, 0.25) is 0 Å². The lowest BCUT2D eigenvalue weighted by Gasteiger charge is -2.64. The van der Waals surface area contributed by atoms with Gasteiger partial charge in [0.15, 0.2) is 0 Å². The van der Waals surface area contributed by atoms with Gasteiger partial charge < -0.3 is 9.84 Å². The number of ether oxygens (including phenoxy) is 1. The average molecular weight is 445 g/mol. The van der Waals surface area contributed by atoms with Crippen LogP contribution in [0, 0.1) is 45.8 Å². The molecule has 182 valence electrons. The Kier molecular flexibility index (Phi) is 5.15. The van der Waals surface area contributed by atoms with Crippen molar-refractivity contribution in [2.45, 2.75) is 130 Å². The Bertz CT molecular complexity index is 780. The first-order valence-corrected chi connectivity index (χ1v) is 13.7. The summed E-state index contributed by atoms with van der Waals surface area (Å²) in [6.07, 6.45) is 11.8. The molecule has 1 heterocycles. The molecular weight excluding hydrogens is 396 g/mol. The molecule has 3 nitrogen and oxygen atoms in total. The van der Waals surface area contributed by atoms with Gasteiger partial charge in [0.25, 0.3) is 0 Å². The predicted octanol–water partition coefficient (Wildman–Crippen LogP) is 6.56. The Hall–Kier alpha value is -0.410. The van der Waals surface area contributed by atoms with Crippen molar-refractivity contribution < 1.29 is 14.6 Å². The van der Waals surface area contributed by atoms with Gasteiger partial charge in [-0.2, -0.15) is 0 Å². The number of aliphatic hydroxyl groups is 1. The molecule has 3 heteroatoms. The first-order valence-electron chi connectivity index (χ1n) is 13.7. The topological polar surface area (TPSA) is 46.5 Å². The number of carbonyl (C=O) groups excluding carboxylic acids is 1. The Morgan fingerprint density at radius 2 is 1.38 bits per heavy atom. The van der Waals surface area contributed by atoms with E-state index in [1.807, 2.05) is 13.8 Å². The highest BCUT2D eigenvalue weighted by Crippen LogP contribution is 2.71. The number of hydrogen-bond donors (Lipinski definition) is 1. The van der Waals surface area contributed by atoms with Gasteiger partial charge in [-0.15, -0.1) is 0 Å². The normalized spacial score (nSPS) is 52.9. The monoisotopic (exact) mass is 444 g/mol. The predicted molar refractivity (Wildman–Crippen MR) is 128 cm³/mol. The quantitative estimate of drug-likeness (QED) is 0.525. The largest absolute Gasteiger partial charge is 0.388 e. The summed E-state index contributed by atoms with van der Waals surface area (Å²) in [6, 6.07) is 0. The maximum atomic E-state index is 12.8. The molecule has 0 aromatic rings. The zero-order chi connectivity index (χ0) is 23.3. The number of ketones is 1. The van der Waals surface area contributed by atoms with E-state index in [9.17, 15) is 9.90 Å². The standard InChI is InChI=1S/C29H48O3/c1-25(2)22-11-10-18-19(28(22,6)16-13-23(25)30)8-9-20-21(12-15-27(18,20)5)29(7)17-14-24(32-29)26(3,4)31/h18-22,24,31H,8-17H2,1-7H3/t18-,19+,20-,21+,22-,24+,27-,28-,29-/m1/s1. The molecule has 1 N–H and O–H groups in total. The van der Waals surface area contributed by atoms with E-state index < -0.39 is 5.60 Å². The highest BCUT2D eigenvalue weighted by molar-refractivity contribution is 5.85. The van der Waals surface area contributed by atoms with E-state index >= 15 is 0 Å². The van der Waals surface area contributed by atoms with Crippen molar-refractivity contribution in [2.24, 2.45) is 45.8 Å². The first kappa shape index (κ1) is 23.3. The van der Waals surface area contributed by atoms with E-state index in [0.717, 1.165) is 43.4 Å². The fourth-order valence-electron chi connectivity index (χ4n) is 10.4. The molecule has 32 heavy (non-hydrogen) atoms. The lowest BCUT2D eigenvalue weighted by atomic mass is 9.40. The molecule has 5 aliphatic rings. The summed E-state index contributed by atoms with van der Waals surface area (Å²) in [5, 5.41) is 10.6. The number of fused-ring (bicyclic) bond motifs is 5. The molecule has 9 atom stereocenters. The van der Waals surface area contributed by atoms with Crippen LogP contribution in [0.3, 0.4) is 0 Å². The van der Waals surface area contributed by atoms with Crippen LogP contribution >= 0.6 is 0 Å². The van der Waals surface area contributed by atoms with E-state index in [1.165, 1.54) is 38.5 Å². The second-order valence-corrected chi connectivity index (χ2v) is 14.4. The molecule has 4 aliphatic carbocycles. The van der Waals surface area contributed by atoms with Crippen molar-refractivity contribution in [3.05, 3.63) is 0 Å². The number of carbonyl (C=O) groups is 1. The summed E-state index contributed by atoms with van der Waals surface area (Å²) in [5.74, 6) is 4.00. The smallest absolute Gasteiger partial charge is 0.138 e. The summed E-state index contributed by atoms with van der Waals surface area (Å²) >= 11 is 0. The molecule has 5 fully saturated rings. The summed E-state index contributed by atoms with van der Waals surface area (Å²) in [7, 11) is 0. The van der Waals surface area contributed by atoms with E-state index in [0.29, 0.717) is 28.4 Å². The van der Waals surface area contributed by atoms with Crippen LogP contribution < -0.4 is 0 Å². The van der Waals surface area contributed by atoms with Crippen LogP contribution in [0.4, 0.5) is 0 Å². The molecule has 0 amide bonds. The van der Waals surface area contributed by atoms with Gasteiger partial charge in [-0.05, 0) is 119 Å². The number of rotatable bonds is 2. The molecule has 0 aromatic heterocycles. The molecule has 0 spiro atoms. The van der Waals surface area contributed by atoms with Gasteiger partial charge in [0.2, 0.25) is 0 Å². The molecule has 0 bridgehead atoms. The molecule has 0 aromatic carbocycles. The maximum absolute atomic E-state index is 12.8. The van der Waals surface area contributed by atoms with Crippen LogP contribution in [0.15, 0.2) is 0 Å². The number of hydrogen-bond acceptors (Lipinski definition) is 3. The van der Waals surface area contributed by atoms with E-state index in [2.05, 4.69) is 34.6 Å². The Labute approximate surface area is 196 Å². The van der Waals surface area contributed by atoms with Crippen molar-refractivity contribution in [2.75, 3.05) is 0 Å². The number of Topliss-reactive ketones (excluding diaryl/α,β-unsaturated/α-hetero) is 1. The Balaban J connectivity index is 1.40. The summed E-state index contributed by atoms with van der Waals surface area (Å²) < 4.78 is 6.68. The molecule has 1 saturated heterocycles. The first-order chi connectivity index (χ1) is 14.7. The minimum absolute atomic E-state index is 0.0351. The highest BCUT2D eigenvalue weighted by atomic mass is 16.5. The van der Waals surface area contributed by atoms with E-state index in [1.54, 1.807) is 0 Å². The van der Waals surface area contributed by atoms with E-state index in [-0.39, 0.29) is 17.1 Å².